The molecule has 0 aliphatic carbocycles. The molecule has 6 nitrogen and oxygen atoms in total. The summed E-state index contributed by atoms with van der Waals surface area (Å²) in [5, 5.41) is 8.58. The molecule has 0 aromatic carbocycles. The van der Waals surface area contributed by atoms with Gasteiger partial charge in [-0.3, -0.25) is 4.90 Å². The van der Waals surface area contributed by atoms with Gasteiger partial charge in [0.05, 0.1) is 6.26 Å². The Labute approximate surface area is 102 Å². The maximum Gasteiger partial charge on any atom is 0.328 e. The van der Waals surface area contributed by atoms with Gasteiger partial charge in [0.1, 0.15) is 0 Å². The van der Waals surface area contributed by atoms with E-state index in [1.54, 1.807) is 6.92 Å². The van der Waals surface area contributed by atoms with E-state index in [0.717, 1.165) is 5.57 Å². The van der Waals surface area contributed by atoms with E-state index in [9.17, 15) is 13.2 Å². The molecule has 0 saturated carbocycles. The average Bonchev–Trinajstić information content (AvgIpc) is 2.15. The number of carbonyl (C=O) groups is 1. The van der Waals surface area contributed by atoms with Crippen LogP contribution in [0.1, 0.15) is 6.92 Å². The topological polar surface area (TPSA) is 77.9 Å². The van der Waals surface area contributed by atoms with Gasteiger partial charge in [-0.15, -0.1) is 0 Å². The lowest BCUT2D eigenvalue weighted by Gasteiger charge is -2.33. The minimum Gasteiger partial charge on any atom is -0.478 e. The number of rotatable bonds is 4. The Bertz CT molecular complexity index is 408. The number of nitrogens with zero attached hydrogens (tertiary/aromatic N) is 2. The van der Waals surface area contributed by atoms with Crippen LogP contribution in [0, 0.1) is 0 Å². The summed E-state index contributed by atoms with van der Waals surface area (Å²) in [6.07, 6.45) is 2.39. The van der Waals surface area contributed by atoms with Crippen molar-refractivity contribution >= 4 is 16.0 Å². The summed E-state index contributed by atoms with van der Waals surface area (Å²) >= 11 is 0. The molecule has 0 atom stereocenters. The second-order valence-electron chi connectivity index (χ2n) is 4.27. The lowest BCUT2D eigenvalue weighted by atomic mass is 10.2. The zero-order valence-electron chi connectivity index (χ0n) is 10.1. The molecule has 0 radical (unpaired) electrons. The highest BCUT2D eigenvalue weighted by molar-refractivity contribution is 7.88. The predicted octanol–water partition coefficient (Wildman–Crippen LogP) is -0.405. The van der Waals surface area contributed by atoms with Crippen molar-refractivity contribution in [2.24, 2.45) is 0 Å². The molecule has 0 aromatic heterocycles. The van der Waals surface area contributed by atoms with Crippen LogP contribution in [0.5, 0.6) is 0 Å². The lowest BCUT2D eigenvalue weighted by Crippen LogP contribution is -2.48. The number of carboxylic acid groups (broad SMARTS) is 1. The van der Waals surface area contributed by atoms with Crippen molar-refractivity contribution in [3.63, 3.8) is 0 Å². The normalized spacial score (nSPS) is 20.5. The first-order valence-corrected chi connectivity index (χ1v) is 7.21. The minimum absolute atomic E-state index is 0.471. The number of hydrogen-bond donors (Lipinski definition) is 1. The number of aliphatic carboxylic acids is 1. The second-order valence-corrected chi connectivity index (χ2v) is 6.25. The molecule has 0 spiro atoms. The van der Waals surface area contributed by atoms with Crippen LogP contribution in [0.3, 0.4) is 0 Å². The fourth-order valence-electron chi connectivity index (χ4n) is 1.83. The Morgan fingerprint density at radius 2 is 1.82 bits per heavy atom. The van der Waals surface area contributed by atoms with E-state index < -0.39 is 16.0 Å². The molecule has 0 bridgehead atoms. The van der Waals surface area contributed by atoms with Crippen molar-refractivity contribution in [1.82, 2.24) is 9.21 Å². The van der Waals surface area contributed by atoms with Gasteiger partial charge in [-0.25, -0.2) is 13.2 Å². The van der Waals surface area contributed by atoms with Gasteiger partial charge < -0.3 is 5.11 Å². The Morgan fingerprint density at radius 1 is 1.29 bits per heavy atom. The molecule has 1 rings (SSSR count). The van der Waals surface area contributed by atoms with Crippen LogP contribution in [0.15, 0.2) is 11.6 Å². The van der Waals surface area contributed by atoms with Gasteiger partial charge in [-0.1, -0.05) is 5.57 Å². The molecular formula is C10H18N2O4S. The third-order valence-corrected chi connectivity index (χ3v) is 3.95. The molecule has 1 fully saturated rings. The fourth-order valence-corrected chi connectivity index (χ4v) is 2.66. The van der Waals surface area contributed by atoms with Gasteiger partial charge in [0.25, 0.3) is 0 Å². The monoisotopic (exact) mass is 262 g/mol. The van der Waals surface area contributed by atoms with Gasteiger partial charge >= 0.3 is 5.97 Å². The molecule has 1 aliphatic rings. The smallest absolute Gasteiger partial charge is 0.328 e. The molecule has 1 heterocycles. The van der Waals surface area contributed by atoms with Gasteiger partial charge in [0.15, 0.2) is 0 Å². The van der Waals surface area contributed by atoms with Crippen molar-refractivity contribution < 1.29 is 18.3 Å². The Kier molecular flexibility index (Phi) is 4.67. The highest BCUT2D eigenvalue weighted by Crippen LogP contribution is 2.07. The highest BCUT2D eigenvalue weighted by Gasteiger charge is 2.23. The molecule has 0 unspecified atom stereocenters. The van der Waals surface area contributed by atoms with E-state index in [-0.39, 0.29) is 0 Å². The van der Waals surface area contributed by atoms with Crippen LogP contribution in [0.2, 0.25) is 0 Å². The standard InChI is InChI=1S/C10H18N2O4S/c1-9(7-10(13)14)8-11-3-5-12(6-4-11)17(2,15)16/h7H,3-6,8H2,1-2H3,(H,13,14). The summed E-state index contributed by atoms with van der Waals surface area (Å²) in [5.41, 5.74) is 0.769. The molecule has 1 saturated heterocycles. The summed E-state index contributed by atoms with van der Waals surface area (Å²) < 4.78 is 24.0. The zero-order valence-corrected chi connectivity index (χ0v) is 10.9. The number of hydrogen-bond acceptors (Lipinski definition) is 4. The van der Waals surface area contributed by atoms with Gasteiger partial charge in [-0.05, 0) is 6.92 Å². The Balaban J connectivity index is 2.46. The molecule has 17 heavy (non-hydrogen) atoms. The Morgan fingerprint density at radius 3 is 2.24 bits per heavy atom. The van der Waals surface area contributed by atoms with Crippen LogP contribution in [0.4, 0.5) is 0 Å². The summed E-state index contributed by atoms with van der Waals surface area (Å²) in [4.78, 5) is 12.5. The van der Waals surface area contributed by atoms with E-state index in [4.69, 9.17) is 5.11 Å². The van der Waals surface area contributed by atoms with Crippen LogP contribution in [-0.4, -0.2) is 67.7 Å². The van der Waals surface area contributed by atoms with E-state index in [2.05, 4.69) is 4.90 Å². The molecule has 0 aromatic rings. The van der Waals surface area contributed by atoms with Gasteiger partial charge in [0.2, 0.25) is 10.0 Å². The lowest BCUT2D eigenvalue weighted by molar-refractivity contribution is -0.131. The van der Waals surface area contributed by atoms with E-state index in [1.165, 1.54) is 16.6 Å². The van der Waals surface area contributed by atoms with Crippen LogP contribution in [-0.2, 0) is 14.8 Å². The van der Waals surface area contributed by atoms with Crippen LogP contribution < -0.4 is 0 Å². The van der Waals surface area contributed by atoms with Crippen molar-refractivity contribution in [3.05, 3.63) is 11.6 Å². The summed E-state index contributed by atoms with van der Waals surface area (Å²) in [6, 6.07) is 0. The molecule has 7 heteroatoms. The van der Waals surface area contributed by atoms with Crippen molar-refractivity contribution in [2.45, 2.75) is 6.92 Å². The maximum atomic E-state index is 11.3. The first-order valence-electron chi connectivity index (χ1n) is 5.36. The molecule has 1 N–H and O–H groups in total. The summed E-state index contributed by atoms with van der Waals surface area (Å²) in [7, 11) is -3.10. The average molecular weight is 262 g/mol. The molecular weight excluding hydrogens is 244 g/mol. The molecule has 98 valence electrons. The number of carboxylic acids is 1. The quantitative estimate of drug-likeness (QED) is 0.697. The number of sulfonamides is 1. The molecule has 1 aliphatic heterocycles. The van der Waals surface area contributed by atoms with Crippen LogP contribution in [0.25, 0.3) is 0 Å². The van der Waals surface area contributed by atoms with Gasteiger partial charge in [0, 0.05) is 38.8 Å². The minimum atomic E-state index is -3.10. The van der Waals surface area contributed by atoms with E-state index in [1.807, 2.05) is 0 Å². The fraction of sp³-hybridized carbons (Fsp3) is 0.700. The second kappa shape index (κ2) is 5.61. The first-order chi connectivity index (χ1) is 7.79. The third-order valence-electron chi connectivity index (χ3n) is 2.64. The molecule has 0 amide bonds. The van der Waals surface area contributed by atoms with Gasteiger partial charge in [-0.2, -0.15) is 4.31 Å². The third kappa shape index (κ3) is 4.84. The highest BCUT2D eigenvalue weighted by atomic mass is 32.2. The SMILES string of the molecule is CC(=CC(=O)O)CN1CCN(S(C)(=O)=O)CC1. The summed E-state index contributed by atoms with van der Waals surface area (Å²) in [6.45, 7) is 4.55. The summed E-state index contributed by atoms with van der Waals surface area (Å²) in [5.74, 6) is -0.947. The zero-order chi connectivity index (χ0) is 13.1. The Hall–Kier alpha value is -0.920. The van der Waals surface area contributed by atoms with Crippen molar-refractivity contribution in [3.8, 4) is 0 Å². The van der Waals surface area contributed by atoms with Crippen molar-refractivity contribution in [2.75, 3.05) is 39.0 Å². The first kappa shape index (κ1) is 14.1. The van der Waals surface area contributed by atoms with Crippen molar-refractivity contribution in [1.29, 1.82) is 0 Å². The largest absolute Gasteiger partial charge is 0.478 e. The van der Waals surface area contributed by atoms with Crippen LogP contribution >= 0.6 is 0 Å². The van der Waals surface area contributed by atoms with E-state index >= 15 is 0 Å². The predicted molar refractivity (Wildman–Crippen MR) is 64.2 cm³/mol. The van der Waals surface area contributed by atoms with E-state index in [0.29, 0.717) is 32.7 Å². The maximum absolute atomic E-state index is 11.3. The number of piperazine rings is 1.